The monoisotopic (exact) mass is 228 g/mol. The second-order valence-corrected chi connectivity index (χ2v) is 3.36. The Kier molecular flexibility index (Phi) is 4.61. The van der Waals surface area contributed by atoms with Crippen LogP contribution in [0.25, 0.3) is 10.4 Å². The molecule has 5 nitrogen and oxygen atoms in total. The molecule has 0 unspecified atom stereocenters. The molecule has 0 radical (unpaired) electrons. The van der Waals surface area contributed by atoms with Crippen molar-refractivity contribution >= 4 is 11.5 Å². The summed E-state index contributed by atoms with van der Waals surface area (Å²) < 4.78 is 0. The van der Waals surface area contributed by atoms with Gasteiger partial charge >= 0.3 is 0 Å². The van der Waals surface area contributed by atoms with Gasteiger partial charge in [0.25, 0.3) is 0 Å². The van der Waals surface area contributed by atoms with Gasteiger partial charge in [-0.05, 0) is 30.7 Å². The molecule has 1 aromatic carbocycles. The summed E-state index contributed by atoms with van der Waals surface area (Å²) in [5.74, 6) is 5.66. The van der Waals surface area contributed by atoms with Crippen LogP contribution in [0.4, 0.5) is 5.69 Å². The summed E-state index contributed by atoms with van der Waals surface area (Å²) >= 11 is 0. The number of carbonyl (C=O) groups is 1. The van der Waals surface area contributed by atoms with Crippen LogP contribution >= 0.6 is 0 Å². The summed E-state index contributed by atoms with van der Waals surface area (Å²) in [6.07, 6.45) is 0.490. The minimum Gasteiger partial charge on any atom is -0.398 e. The van der Waals surface area contributed by atoms with Gasteiger partial charge in [-0.2, -0.15) is 0 Å². The van der Waals surface area contributed by atoms with Crippen LogP contribution in [0.3, 0.4) is 0 Å². The SMILES string of the molecule is CC(=O)c1cc(C#CCCN=[N+]=[N-])ccc1N. The number of nitrogen functional groups attached to an aromatic ring is 1. The third-order valence-electron chi connectivity index (χ3n) is 2.07. The van der Waals surface area contributed by atoms with Crippen molar-refractivity contribution in [3.63, 3.8) is 0 Å². The lowest BCUT2D eigenvalue weighted by Crippen LogP contribution is -1.99. The van der Waals surface area contributed by atoms with Gasteiger partial charge in [0, 0.05) is 34.7 Å². The molecular weight excluding hydrogens is 216 g/mol. The minimum atomic E-state index is -0.0831. The van der Waals surface area contributed by atoms with Crippen molar-refractivity contribution in [3.05, 3.63) is 39.8 Å². The second kappa shape index (κ2) is 6.21. The molecule has 0 saturated heterocycles. The first-order valence-corrected chi connectivity index (χ1v) is 5.05. The van der Waals surface area contributed by atoms with E-state index in [1.54, 1.807) is 18.2 Å². The van der Waals surface area contributed by atoms with Gasteiger partial charge < -0.3 is 5.73 Å². The predicted molar refractivity (Wildman–Crippen MR) is 66.4 cm³/mol. The van der Waals surface area contributed by atoms with Crippen molar-refractivity contribution in [2.24, 2.45) is 5.11 Å². The van der Waals surface area contributed by atoms with Crippen LogP contribution < -0.4 is 5.73 Å². The predicted octanol–water partition coefficient (Wildman–Crippen LogP) is 2.52. The lowest BCUT2D eigenvalue weighted by molar-refractivity contribution is 0.101. The van der Waals surface area contributed by atoms with Crippen LogP contribution in [-0.4, -0.2) is 12.3 Å². The summed E-state index contributed by atoms with van der Waals surface area (Å²) in [7, 11) is 0. The maximum atomic E-state index is 11.3. The zero-order valence-corrected chi connectivity index (χ0v) is 9.47. The Morgan fingerprint density at radius 3 is 3.00 bits per heavy atom. The van der Waals surface area contributed by atoms with Crippen LogP contribution in [0.2, 0.25) is 0 Å². The van der Waals surface area contributed by atoms with Crippen LogP contribution in [0.15, 0.2) is 23.3 Å². The van der Waals surface area contributed by atoms with Crippen molar-refractivity contribution in [2.75, 3.05) is 12.3 Å². The largest absolute Gasteiger partial charge is 0.398 e. The summed E-state index contributed by atoms with van der Waals surface area (Å²) in [6.45, 7) is 1.81. The molecule has 17 heavy (non-hydrogen) atoms. The van der Waals surface area contributed by atoms with E-state index in [1.165, 1.54) is 6.92 Å². The van der Waals surface area contributed by atoms with E-state index in [9.17, 15) is 4.79 Å². The first-order chi connectivity index (χ1) is 8.15. The summed E-state index contributed by atoms with van der Waals surface area (Å²) in [5, 5.41) is 3.37. The van der Waals surface area contributed by atoms with Crippen molar-refractivity contribution in [1.82, 2.24) is 0 Å². The van der Waals surface area contributed by atoms with E-state index in [2.05, 4.69) is 21.9 Å². The number of hydrogen-bond acceptors (Lipinski definition) is 3. The van der Waals surface area contributed by atoms with E-state index < -0.39 is 0 Å². The first kappa shape index (κ1) is 12.6. The molecule has 86 valence electrons. The molecule has 0 atom stereocenters. The van der Waals surface area contributed by atoms with Crippen molar-refractivity contribution < 1.29 is 4.79 Å². The van der Waals surface area contributed by atoms with Gasteiger partial charge in [0.1, 0.15) is 0 Å². The summed E-state index contributed by atoms with van der Waals surface area (Å²) in [5.41, 5.74) is 15.4. The Morgan fingerprint density at radius 2 is 2.35 bits per heavy atom. The fraction of sp³-hybridized carbons (Fsp3) is 0.250. The molecule has 0 bridgehead atoms. The second-order valence-electron chi connectivity index (χ2n) is 3.36. The Hall–Kier alpha value is -2.44. The minimum absolute atomic E-state index is 0.0831. The molecule has 0 aromatic heterocycles. The Bertz CT molecular complexity index is 533. The fourth-order valence-corrected chi connectivity index (χ4v) is 1.25. The van der Waals surface area contributed by atoms with Crippen LogP contribution in [-0.2, 0) is 0 Å². The van der Waals surface area contributed by atoms with Gasteiger partial charge in [0.05, 0.1) is 0 Å². The standard InChI is InChI=1S/C12H12N4O/c1-9(17)11-8-10(5-6-12(11)13)4-2-3-7-15-16-14/h5-6,8H,3,7,13H2,1H3. The number of ketones is 1. The molecule has 0 aliphatic heterocycles. The highest BCUT2D eigenvalue weighted by Gasteiger charge is 2.04. The van der Waals surface area contributed by atoms with Gasteiger partial charge in [-0.15, -0.1) is 0 Å². The highest BCUT2D eigenvalue weighted by molar-refractivity contribution is 5.99. The quantitative estimate of drug-likeness (QED) is 0.164. The third-order valence-corrected chi connectivity index (χ3v) is 2.07. The topological polar surface area (TPSA) is 91.8 Å². The first-order valence-electron chi connectivity index (χ1n) is 5.05. The summed E-state index contributed by atoms with van der Waals surface area (Å²) in [4.78, 5) is 13.9. The molecule has 0 aliphatic carbocycles. The molecule has 0 spiro atoms. The highest BCUT2D eigenvalue weighted by atomic mass is 16.1. The average molecular weight is 228 g/mol. The molecule has 0 heterocycles. The number of carbonyl (C=O) groups excluding carboxylic acids is 1. The Labute approximate surface area is 99.3 Å². The number of benzene rings is 1. The van der Waals surface area contributed by atoms with Gasteiger partial charge in [-0.25, -0.2) is 0 Å². The highest BCUT2D eigenvalue weighted by Crippen LogP contribution is 2.14. The molecule has 0 fully saturated rings. The lowest BCUT2D eigenvalue weighted by Gasteiger charge is -2.01. The van der Waals surface area contributed by atoms with E-state index in [0.29, 0.717) is 24.2 Å². The van der Waals surface area contributed by atoms with E-state index in [1.807, 2.05) is 0 Å². The molecule has 0 saturated carbocycles. The molecule has 0 aliphatic rings. The summed E-state index contributed by atoms with van der Waals surface area (Å²) in [6, 6.07) is 5.08. The van der Waals surface area contributed by atoms with Gasteiger partial charge in [0.2, 0.25) is 0 Å². The van der Waals surface area contributed by atoms with E-state index >= 15 is 0 Å². The normalized spacial score (nSPS) is 8.76. The smallest absolute Gasteiger partial charge is 0.161 e. The fourth-order valence-electron chi connectivity index (χ4n) is 1.25. The molecular formula is C12H12N4O. The van der Waals surface area contributed by atoms with Crippen molar-refractivity contribution in [3.8, 4) is 11.8 Å². The molecule has 1 rings (SSSR count). The van der Waals surface area contributed by atoms with E-state index in [4.69, 9.17) is 11.3 Å². The molecule has 1 aromatic rings. The van der Waals surface area contributed by atoms with Crippen LogP contribution in [0.5, 0.6) is 0 Å². The maximum absolute atomic E-state index is 11.3. The number of anilines is 1. The van der Waals surface area contributed by atoms with Crippen LogP contribution in [0.1, 0.15) is 29.3 Å². The van der Waals surface area contributed by atoms with E-state index in [0.717, 1.165) is 5.56 Å². The lowest BCUT2D eigenvalue weighted by atomic mass is 10.1. The van der Waals surface area contributed by atoms with Gasteiger partial charge in [-0.1, -0.05) is 17.0 Å². The molecule has 5 heteroatoms. The Balaban J connectivity index is 2.82. The van der Waals surface area contributed by atoms with Crippen LogP contribution in [0, 0.1) is 11.8 Å². The number of hydrogen-bond donors (Lipinski definition) is 1. The van der Waals surface area contributed by atoms with Gasteiger partial charge in [0.15, 0.2) is 5.78 Å². The van der Waals surface area contributed by atoms with Crippen molar-refractivity contribution in [2.45, 2.75) is 13.3 Å². The van der Waals surface area contributed by atoms with Crippen molar-refractivity contribution in [1.29, 1.82) is 0 Å². The zero-order chi connectivity index (χ0) is 12.7. The number of azide groups is 1. The number of nitrogens with zero attached hydrogens (tertiary/aromatic N) is 3. The number of rotatable bonds is 3. The number of nitrogens with two attached hydrogens (primary N) is 1. The Morgan fingerprint density at radius 1 is 1.59 bits per heavy atom. The average Bonchev–Trinajstić information content (AvgIpc) is 2.30. The maximum Gasteiger partial charge on any atom is 0.161 e. The number of Topliss-reactive ketones (excluding diaryl/α,β-unsaturated/α-hetero) is 1. The van der Waals surface area contributed by atoms with Gasteiger partial charge in [-0.3, -0.25) is 4.79 Å². The molecule has 2 N–H and O–H groups in total. The third kappa shape index (κ3) is 3.90. The molecule has 0 amide bonds. The zero-order valence-electron chi connectivity index (χ0n) is 9.47. The van der Waals surface area contributed by atoms with E-state index in [-0.39, 0.29) is 5.78 Å².